The summed E-state index contributed by atoms with van der Waals surface area (Å²) in [5.74, 6) is -0.435. The highest BCUT2D eigenvalue weighted by Crippen LogP contribution is 2.00. The lowest BCUT2D eigenvalue weighted by molar-refractivity contribution is -0.141. The minimum Gasteiger partial charge on any atom is -0.465 e. The first kappa shape index (κ1) is 12.0. The van der Waals surface area contributed by atoms with Gasteiger partial charge in [0, 0.05) is 13.2 Å². The van der Waals surface area contributed by atoms with E-state index in [2.05, 4.69) is 9.97 Å². The summed E-state index contributed by atoms with van der Waals surface area (Å²) < 4.78 is 4.73. The van der Waals surface area contributed by atoms with Crippen molar-refractivity contribution < 1.29 is 9.53 Å². The topological polar surface area (TPSA) is 95.3 Å². The van der Waals surface area contributed by atoms with Gasteiger partial charge in [-0.3, -0.25) is 14.6 Å². The molecule has 16 heavy (non-hydrogen) atoms. The Hall–Kier alpha value is -2.05. The molecular weight excluding hydrogens is 214 g/mol. The number of nitrogens with zero attached hydrogens (tertiary/aromatic N) is 1. The lowest BCUT2D eigenvalue weighted by Gasteiger charge is -2.16. The molecule has 1 aromatic heterocycles. The molecule has 0 aromatic carbocycles. The third kappa shape index (κ3) is 2.97. The molecule has 0 amide bonds. The van der Waals surface area contributed by atoms with Crippen LogP contribution in [0.2, 0.25) is 0 Å². The summed E-state index contributed by atoms with van der Waals surface area (Å²) >= 11 is 0. The Bertz CT molecular complexity index is 476. The van der Waals surface area contributed by atoms with Crippen molar-refractivity contribution in [2.75, 3.05) is 25.1 Å². The van der Waals surface area contributed by atoms with E-state index in [4.69, 9.17) is 4.74 Å². The van der Waals surface area contributed by atoms with Crippen LogP contribution in [-0.4, -0.2) is 36.1 Å². The average molecular weight is 227 g/mol. The van der Waals surface area contributed by atoms with E-state index in [1.54, 1.807) is 14.0 Å². The molecule has 2 N–H and O–H groups in total. The number of hydrogen-bond acceptors (Lipinski definition) is 5. The summed E-state index contributed by atoms with van der Waals surface area (Å²) in [6.45, 7) is 1.93. The highest BCUT2D eigenvalue weighted by atomic mass is 16.5. The van der Waals surface area contributed by atoms with E-state index in [0.717, 1.165) is 0 Å². The lowest BCUT2D eigenvalue weighted by Crippen LogP contribution is -2.34. The summed E-state index contributed by atoms with van der Waals surface area (Å²) in [7, 11) is 1.56. The SMILES string of the molecule is CCOC(=O)CN(C)c1c[nH]c(=O)[nH]c1=O. The number of esters is 1. The van der Waals surface area contributed by atoms with Crippen LogP contribution in [0.15, 0.2) is 15.8 Å². The molecule has 0 spiro atoms. The van der Waals surface area contributed by atoms with Gasteiger partial charge < -0.3 is 14.6 Å². The van der Waals surface area contributed by atoms with Crippen molar-refractivity contribution in [1.82, 2.24) is 9.97 Å². The maximum atomic E-state index is 11.4. The van der Waals surface area contributed by atoms with Gasteiger partial charge in [-0.25, -0.2) is 4.79 Å². The molecule has 1 rings (SSSR count). The fourth-order valence-corrected chi connectivity index (χ4v) is 1.17. The van der Waals surface area contributed by atoms with E-state index in [-0.39, 0.29) is 18.8 Å². The minimum absolute atomic E-state index is 0.0526. The van der Waals surface area contributed by atoms with Gasteiger partial charge in [0.2, 0.25) is 0 Å². The number of hydrogen-bond donors (Lipinski definition) is 2. The van der Waals surface area contributed by atoms with Gasteiger partial charge in [-0.2, -0.15) is 0 Å². The second-order valence-corrected chi connectivity index (χ2v) is 3.12. The molecule has 88 valence electrons. The number of likely N-dealkylation sites (N-methyl/N-ethyl adjacent to an activating group) is 1. The third-order valence-electron chi connectivity index (χ3n) is 1.88. The van der Waals surface area contributed by atoms with Crippen molar-refractivity contribution in [2.24, 2.45) is 0 Å². The van der Waals surface area contributed by atoms with Gasteiger partial charge in [0.15, 0.2) is 0 Å². The zero-order valence-electron chi connectivity index (χ0n) is 9.07. The van der Waals surface area contributed by atoms with Crippen molar-refractivity contribution in [2.45, 2.75) is 6.92 Å². The first-order valence-electron chi connectivity index (χ1n) is 4.73. The molecule has 1 aromatic rings. The van der Waals surface area contributed by atoms with E-state index >= 15 is 0 Å². The number of H-pyrrole nitrogens is 2. The van der Waals surface area contributed by atoms with Crippen LogP contribution < -0.4 is 16.1 Å². The molecule has 0 fully saturated rings. The smallest absolute Gasteiger partial charge is 0.325 e. The van der Waals surface area contributed by atoms with E-state index in [1.807, 2.05) is 0 Å². The van der Waals surface area contributed by atoms with Crippen molar-refractivity contribution >= 4 is 11.7 Å². The summed E-state index contributed by atoms with van der Waals surface area (Å²) in [5.41, 5.74) is -0.929. The Balaban J connectivity index is 2.81. The molecule has 0 aliphatic heterocycles. The summed E-state index contributed by atoms with van der Waals surface area (Å²) in [5, 5.41) is 0. The fraction of sp³-hybridized carbons (Fsp3) is 0.444. The number of rotatable bonds is 4. The monoisotopic (exact) mass is 227 g/mol. The van der Waals surface area contributed by atoms with Crippen LogP contribution in [-0.2, 0) is 9.53 Å². The van der Waals surface area contributed by atoms with Gasteiger partial charge in [-0.05, 0) is 6.92 Å². The number of aromatic nitrogens is 2. The van der Waals surface area contributed by atoms with Crippen molar-refractivity contribution in [3.05, 3.63) is 27.0 Å². The van der Waals surface area contributed by atoms with Crippen LogP contribution in [0, 0.1) is 0 Å². The van der Waals surface area contributed by atoms with Crippen LogP contribution in [0.3, 0.4) is 0 Å². The molecule has 0 unspecified atom stereocenters. The predicted molar refractivity (Wildman–Crippen MR) is 57.6 cm³/mol. The van der Waals surface area contributed by atoms with Gasteiger partial charge in [0.1, 0.15) is 12.2 Å². The number of ether oxygens (including phenoxy) is 1. The van der Waals surface area contributed by atoms with Crippen molar-refractivity contribution in [1.29, 1.82) is 0 Å². The maximum absolute atomic E-state index is 11.4. The molecule has 0 saturated carbocycles. The van der Waals surface area contributed by atoms with Crippen LogP contribution in [0.25, 0.3) is 0 Å². The normalized spacial score (nSPS) is 9.88. The Morgan fingerprint density at radius 2 is 2.19 bits per heavy atom. The summed E-state index contributed by atoms with van der Waals surface area (Å²) in [6.07, 6.45) is 1.25. The summed E-state index contributed by atoms with van der Waals surface area (Å²) in [6, 6.07) is 0. The quantitative estimate of drug-likeness (QED) is 0.647. The highest BCUT2D eigenvalue weighted by Gasteiger charge is 2.11. The van der Waals surface area contributed by atoms with E-state index < -0.39 is 17.2 Å². The number of carbonyl (C=O) groups excluding carboxylic acids is 1. The maximum Gasteiger partial charge on any atom is 0.325 e. The Morgan fingerprint density at radius 3 is 2.75 bits per heavy atom. The minimum atomic E-state index is -0.585. The standard InChI is InChI=1S/C9H13N3O4/c1-3-16-7(13)5-12(2)6-4-10-9(15)11-8(6)14/h4H,3,5H2,1-2H3,(H2,10,11,14,15). The zero-order valence-corrected chi connectivity index (χ0v) is 9.07. The second kappa shape index (κ2) is 5.15. The van der Waals surface area contributed by atoms with Gasteiger partial charge >= 0.3 is 11.7 Å². The van der Waals surface area contributed by atoms with Crippen LogP contribution in [0.4, 0.5) is 5.69 Å². The largest absolute Gasteiger partial charge is 0.465 e. The Kier molecular flexibility index (Phi) is 3.87. The van der Waals surface area contributed by atoms with E-state index in [9.17, 15) is 14.4 Å². The van der Waals surface area contributed by atoms with Crippen LogP contribution in [0.5, 0.6) is 0 Å². The number of aromatic amines is 2. The first-order valence-corrected chi connectivity index (χ1v) is 4.73. The third-order valence-corrected chi connectivity index (χ3v) is 1.88. The van der Waals surface area contributed by atoms with Gasteiger partial charge in [0.05, 0.1) is 6.61 Å². The van der Waals surface area contributed by atoms with Crippen LogP contribution in [0.1, 0.15) is 6.92 Å². The Morgan fingerprint density at radius 1 is 1.50 bits per heavy atom. The molecule has 0 aliphatic rings. The zero-order chi connectivity index (χ0) is 12.1. The molecule has 0 bridgehead atoms. The molecule has 0 radical (unpaired) electrons. The van der Waals surface area contributed by atoms with Crippen molar-refractivity contribution in [3.8, 4) is 0 Å². The summed E-state index contributed by atoms with van der Waals surface area (Å²) in [4.78, 5) is 39.1. The molecule has 7 heteroatoms. The number of carbonyl (C=O) groups is 1. The van der Waals surface area contributed by atoms with Crippen molar-refractivity contribution in [3.63, 3.8) is 0 Å². The predicted octanol–water partition coefficient (Wildman–Crippen LogP) is -0.937. The van der Waals surface area contributed by atoms with Gasteiger partial charge in [-0.15, -0.1) is 0 Å². The highest BCUT2D eigenvalue weighted by molar-refractivity contribution is 5.75. The fourth-order valence-electron chi connectivity index (χ4n) is 1.17. The molecule has 0 atom stereocenters. The molecule has 0 saturated heterocycles. The molecular formula is C9H13N3O4. The molecule has 7 nitrogen and oxygen atoms in total. The first-order chi connectivity index (χ1) is 7.54. The lowest BCUT2D eigenvalue weighted by atomic mass is 10.4. The van der Waals surface area contributed by atoms with E-state index in [1.165, 1.54) is 11.1 Å². The van der Waals surface area contributed by atoms with Gasteiger partial charge in [0.25, 0.3) is 5.56 Å². The van der Waals surface area contributed by atoms with Gasteiger partial charge in [-0.1, -0.05) is 0 Å². The molecule has 0 aliphatic carbocycles. The average Bonchev–Trinajstić information content (AvgIpc) is 2.17. The van der Waals surface area contributed by atoms with Crippen LogP contribution >= 0.6 is 0 Å². The number of nitrogens with one attached hydrogen (secondary N) is 2. The molecule has 1 heterocycles. The Labute approximate surface area is 91.1 Å². The second-order valence-electron chi connectivity index (χ2n) is 3.12. The number of anilines is 1. The van der Waals surface area contributed by atoms with E-state index in [0.29, 0.717) is 0 Å².